The number of hydrogen-bond acceptors (Lipinski definition) is 5. The number of aryl methyl sites for hydroxylation is 1. The molecular weight excluding hydrogens is 474 g/mol. The number of aromatic nitrogens is 4. The lowest BCUT2D eigenvalue weighted by molar-refractivity contribution is 0.0981. The summed E-state index contributed by atoms with van der Waals surface area (Å²) >= 11 is 0. The van der Waals surface area contributed by atoms with Gasteiger partial charge in [0, 0.05) is 48.0 Å². The second kappa shape index (κ2) is 8.74. The Morgan fingerprint density at radius 2 is 1.94 bits per heavy atom. The van der Waals surface area contributed by atoms with E-state index in [0.29, 0.717) is 12.5 Å². The quantitative estimate of drug-likeness (QED) is 0.440. The predicted octanol–water partition coefficient (Wildman–Crippen LogP) is 4.63. The summed E-state index contributed by atoms with van der Waals surface area (Å²) in [6.45, 7) is 0.645. The van der Waals surface area contributed by atoms with Crippen LogP contribution in [0.2, 0.25) is 0 Å². The molecule has 6 rings (SSSR count). The molecule has 3 aromatic heterocycles. The lowest BCUT2D eigenvalue weighted by Crippen LogP contribution is -2.30. The zero-order valence-corrected chi connectivity index (χ0v) is 20.8. The van der Waals surface area contributed by atoms with Gasteiger partial charge in [-0.2, -0.15) is 8.42 Å². The molecule has 0 atom stereocenters. The summed E-state index contributed by atoms with van der Waals surface area (Å²) in [4.78, 5) is 21.6. The third kappa shape index (κ3) is 3.83. The molecule has 1 aliphatic heterocycles. The number of amides is 1. The summed E-state index contributed by atoms with van der Waals surface area (Å²) in [5.74, 6) is -0.239. The van der Waals surface area contributed by atoms with Gasteiger partial charge in [-0.1, -0.05) is 31.4 Å². The number of fused-ring (bicyclic) bond motifs is 5. The minimum Gasteiger partial charge on any atom is -0.339 e. The van der Waals surface area contributed by atoms with E-state index in [1.54, 1.807) is 13.1 Å². The number of hydrogen-bond donors (Lipinski definition) is 1. The number of imidazole rings is 1. The van der Waals surface area contributed by atoms with Crippen LogP contribution >= 0.6 is 0 Å². The Kier molecular flexibility index (Phi) is 5.52. The van der Waals surface area contributed by atoms with Crippen LogP contribution in [0, 0.1) is 0 Å². The van der Waals surface area contributed by atoms with E-state index in [1.807, 2.05) is 24.4 Å². The van der Waals surface area contributed by atoms with Crippen molar-refractivity contribution in [2.24, 2.45) is 7.05 Å². The van der Waals surface area contributed by atoms with E-state index >= 15 is 0 Å². The van der Waals surface area contributed by atoms with Crippen LogP contribution in [0.5, 0.6) is 0 Å². The Bertz CT molecular complexity index is 1620. The van der Waals surface area contributed by atoms with E-state index in [4.69, 9.17) is 0 Å². The van der Waals surface area contributed by atoms with E-state index in [2.05, 4.69) is 37.5 Å². The summed E-state index contributed by atoms with van der Waals surface area (Å²) in [5, 5.41) is 0.927. The van der Waals surface area contributed by atoms with E-state index < -0.39 is 15.9 Å². The Morgan fingerprint density at radius 3 is 2.72 bits per heavy atom. The molecule has 36 heavy (non-hydrogen) atoms. The molecule has 2 aliphatic rings. The molecule has 1 fully saturated rings. The lowest BCUT2D eigenvalue weighted by Gasteiger charge is -2.23. The Morgan fingerprint density at radius 1 is 1.11 bits per heavy atom. The van der Waals surface area contributed by atoms with Crippen LogP contribution in [0.25, 0.3) is 28.2 Å². The molecule has 8 nitrogen and oxygen atoms in total. The van der Waals surface area contributed by atoms with Crippen LogP contribution in [-0.2, 0) is 23.6 Å². The van der Waals surface area contributed by atoms with Crippen molar-refractivity contribution in [1.82, 2.24) is 23.8 Å². The highest BCUT2D eigenvalue weighted by Gasteiger charge is 2.29. The fraction of sp³-hybridized carbons (Fsp3) is 0.296. The fourth-order valence-electron chi connectivity index (χ4n) is 5.58. The van der Waals surface area contributed by atoms with Crippen molar-refractivity contribution < 1.29 is 13.2 Å². The Labute approximate surface area is 209 Å². The van der Waals surface area contributed by atoms with Gasteiger partial charge in [0.15, 0.2) is 5.03 Å². The molecule has 1 amide bonds. The number of sulfonamides is 1. The first-order chi connectivity index (χ1) is 17.4. The zero-order chi connectivity index (χ0) is 24.9. The summed E-state index contributed by atoms with van der Waals surface area (Å²) < 4.78 is 31.3. The summed E-state index contributed by atoms with van der Waals surface area (Å²) in [5.41, 5.74) is 5.72. The van der Waals surface area contributed by atoms with E-state index in [1.165, 1.54) is 41.9 Å². The van der Waals surface area contributed by atoms with Crippen LogP contribution < -0.4 is 4.72 Å². The summed E-state index contributed by atoms with van der Waals surface area (Å²) in [7, 11) is -2.40. The van der Waals surface area contributed by atoms with Crippen molar-refractivity contribution in [1.29, 1.82) is 0 Å². The summed E-state index contributed by atoms with van der Waals surface area (Å²) in [6.07, 6.45) is 14.7. The molecule has 0 saturated heterocycles. The van der Waals surface area contributed by atoms with Gasteiger partial charge in [0.05, 0.1) is 17.7 Å². The Balaban J connectivity index is 1.48. The van der Waals surface area contributed by atoms with Crippen molar-refractivity contribution >= 4 is 32.9 Å². The SMILES string of the molecule is Cn1cnc(S(=O)(=O)NC(=O)c2ccc3c(C4CCCCC4)c4n(c3c2)CC=Cc2ncccc2-4)c1. The maximum atomic E-state index is 13.1. The van der Waals surface area contributed by atoms with Crippen LogP contribution in [0.1, 0.15) is 59.6 Å². The molecular formula is C27H27N5O3S. The average molecular weight is 502 g/mol. The molecule has 0 radical (unpaired) electrons. The van der Waals surface area contributed by atoms with Crippen LogP contribution in [0.15, 0.2) is 60.2 Å². The molecule has 1 saturated carbocycles. The molecule has 4 heterocycles. The largest absolute Gasteiger partial charge is 0.339 e. The molecule has 0 spiro atoms. The molecule has 1 aliphatic carbocycles. The monoisotopic (exact) mass is 501 g/mol. The zero-order valence-electron chi connectivity index (χ0n) is 20.0. The van der Waals surface area contributed by atoms with Gasteiger partial charge < -0.3 is 9.13 Å². The summed E-state index contributed by atoms with van der Waals surface area (Å²) in [6, 6.07) is 9.58. The molecule has 184 valence electrons. The third-order valence-electron chi connectivity index (χ3n) is 7.22. The number of carbonyl (C=O) groups excluding carboxylic acids is 1. The van der Waals surface area contributed by atoms with E-state index in [-0.39, 0.29) is 10.6 Å². The third-order valence-corrected chi connectivity index (χ3v) is 8.44. The second-order valence-corrected chi connectivity index (χ2v) is 11.2. The predicted molar refractivity (Wildman–Crippen MR) is 138 cm³/mol. The number of carbonyl (C=O) groups is 1. The number of nitrogens with one attached hydrogen (secondary N) is 1. The van der Waals surface area contributed by atoms with Gasteiger partial charge in [-0.3, -0.25) is 9.78 Å². The molecule has 9 heteroatoms. The Hall–Kier alpha value is -3.72. The maximum Gasteiger partial charge on any atom is 0.283 e. The smallest absolute Gasteiger partial charge is 0.283 e. The highest BCUT2D eigenvalue weighted by Crippen LogP contribution is 2.45. The molecule has 0 bridgehead atoms. The van der Waals surface area contributed by atoms with Crippen LogP contribution in [0.3, 0.4) is 0 Å². The fourth-order valence-corrected chi connectivity index (χ4v) is 6.54. The van der Waals surface area contributed by atoms with Crippen molar-refractivity contribution in [2.45, 2.75) is 49.6 Å². The van der Waals surface area contributed by atoms with Crippen LogP contribution in [-0.4, -0.2) is 33.4 Å². The normalized spacial score (nSPS) is 15.9. The molecule has 1 aromatic carbocycles. The van der Waals surface area contributed by atoms with Gasteiger partial charge >= 0.3 is 0 Å². The van der Waals surface area contributed by atoms with Crippen molar-refractivity contribution in [3.05, 3.63) is 71.9 Å². The van der Waals surface area contributed by atoms with Gasteiger partial charge in [-0.25, -0.2) is 9.71 Å². The van der Waals surface area contributed by atoms with E-state index in [0.717, 1.165) is 40.7 Å². The maximum absolute atomic E-state index is 13.1. The first kappa shape index (κ1) is 22.7. The second-order valence-electron chi connectivity index (χ2n) is 9.59. The highest BCUT2D eigenvalue weighted by molar-refractivity contribution is 7.90. The van der Waals surface area contributed by atoms with Crippen LogP contribution in [0.4, 0.5) is 0 Å². The van der Waals surface area contributed by atoms with Gasteiger partial charge in [0.25, 0.3) is 15.9 Å². The molecule has 4 aromatic rings. The van der Waals surface area contributed by atoms with Crippen molar-refractivity contribution in [3.8, 4) is 11.3 Å². The minimum absolute atomic E-state index is 0.190. The number of allylic oxidation sites excluding steroid dienone is 1. The van der Waals surface area contributed by atoms with Gasteiger partial charge in [-0.05, 0) is 54.7 Å². The first-order valence-electron chi connectivity index (χ1n) is 12.3. The molecule has 0 unspecified atom stereocenters. The minimum atomic E-state index is -4.07. The first-order valence-corrected chi connectivity index (χ1v) is 13.7. The standard InChI is InChI=1S/C27H27N5O3S/c1-31-16-24(29-17-31)36(34,35)30-27(33)19-11-12-21-23(15-19)32-14-6-10-22-20(9-5-13-28-22)26(32)25(21)18-7-3-2-4-8-18/h5-6,9-13,15-18H,2-4,7-8,14H2,1H3,(H,30,33). The number of benzene rings is 1. The number of rotatable bonds is 4. The number of nitrogens with zero attached hydrogens (tertiary/aromatic N) is 4. The van der Waals surface area contributed by atoms with Gasteiger partial charge in [0.2, 0.25) is 0 Å². The lowest BCUT2D eigenvalue weighted by atomic mass is 9.81. The van der Waals surface area contributed by atoms with E-state index in [9.17, 15) is 13.2 Å². The molecule has 1 N–H and O–H groups in total. The average Bonchev–Trinajstić information content (AvgIpc) is 3.40. The van der Waals surface area contributed by atoms with Gasteiger partial charge in [-0.15, -0.1) is 0 Å². The van der Waals surface area contributed by atoms with Crippen molar-refractivity contribution in [2.75, 3.05) is 0 Å². The highest BCUT2D eigenvalue weighted by atomic mass is 32.2. The van der Waals surface area contributed by atoms with Crippen molar-refractivity contribution in [3.63, 3.8) is 0 Å². The van der Waals surface area contributed by atoms with Gasteiger partial charge in [0.1, 0.15) is 0 Å². The topological polar surface area (TPSA) is 98.9 Å². The number of pyridine rings is 1.